The Hall–Kier alpha value is -1.98. The number of ether oxygens (including phenoxy) is 1. The largest absolute Gasteiger partial charge is 0.469 e. The van der Waals surface area contributed by atoms with Crippen molar-refractivity contribution in [2.75, 3.05) is 7.11 Å². The molecular formula is C17H18F2N2O2. The van der Waals surface area contributed by atoms with Crippen LogP contribution in [-0.2, 0) is 9.53 Å². The Morgan fingerprint density at radius 2 is 1.96 bits per heavy atom. The van der Waals surface area contributed by atoms with Gasteiger partial charge in [-0.2, -0.15) is 0 Å². The molecule has 2 aliphatic rings. The van der Waals surface area contributed by atoms with Gasteiger partial charge in [-0.3, -0.25) is 4.79 Å². The van der Waals surface area contributed by atoms with Crippen molar-refractivity contribution in [1.82, 2.24) is 9.55 Å². The zero-order chi connectivity index (χ0) is 16.3. The van der Waals surface area contributed by atoms with Gasteiger partial charge < -0.3 is 9.30 Å². The molecule has 0 saturated heterocycles. The fourth-order valence-corrected chi connectivity index (χ4v) is 4.49. The van der Waals surface area contributed by atoms with Crippen molar-refractivity contribution in [3.8, 4) is 0 Å². The molecule has 0 bridgehead atoms. The van der Waals surface area contributed by atoms with Crippen LogP contribution in [0.4, 0.5) is 8.78 Å². The molecule has 1 heterocycles. The molecule has 6 heteroatoms. The number of aromatic nitrogens is 2. The smallest absolute Gasteiger partial charge is 0.308 e. The molecule has 122 valence electrons. The maximum atomic E-state index is 13.5. The van der Waals surface area contributed by atoms with Crippen LogP contribution in [0.25, 0.3) is 11.0 Å². The van der Waals surface area contributed by atoms with Crippen LogP contribution in [0, 0.1) is 35.3 Å². The van der Waals surface area contributed by atoms with Gasteiger partial charge in [0.25, 0.3) is 0 Å². The van der Waals surface area contributed by atoms with Gasteiger partial charge in [0, 0.05) is 18.2 Å². The highest BCUT2D eigenvalue weighted by Gasteiger charge is 2.59. The molecule has 0 spiro atoms. The third kappa shape index (κ3) is 2.15. The number of nitrogens with zero attached hydrogens (tertiary/aromatic N) is 2. The van der Waals surface area contributed by atoms with Crippen LogP contribution in [0.5, 0.6) is 0 Å². The number of imidazole rings is 1. The van der Waals surface area contributed by atoms with Gasteiger partial charge in [-0.1, -0.05) is 6.92 Å². The molecule has 0 radical (unpaired) electrons. The van der Waals surface area contributed by atoms with E-state index in [9.17, 15) is 13.6 Å². The molecule has 4 rings (SSSR count). The number of fused-ring (bicyclic) bond motifs is 2. The van der Waals surface area contributed by atoms with Gasteiger partial charge in [-0.25, -0.2) is 13.8 Å². The van der Waals surface area contributed by atoms with Crippen molar-refractivity contribution in [2.45, 2.75) is 25.8 Å². The lowest BCUT2D eigenvalue weighted by atomic mass is 9.97. The third-order valence-electron chi connectivity index (χ3n) is 5.65. The first kappa shape index (κ1) is 14.6. The van der Waals surface area contributed by atoms with E-state index in [1.54, 1.807) is 6.33 Å². The van der Waals surface area contributed by atoms with Crippen LogP contribution in [-0.4, -0.2) is 22.6 Å². The number of carbonyl (C=O) groups excluding carboxylic acids is 1. The number of rotatable bonds is 3. The van der Waals surface area contributed by atoms with Gasteiger partial charge >= 0.3 is 5.97 Å². The van der Waals surface area contributed by atoms with Crippen LogP contribution in [0.3, 0.4) is 0 Å². The van der Waals surface area contributed by atoms with E-state index >= 15 is 0 Å². The standard InChI is InChI=1S/C17H18F2N2O2/c1-8(17(22)23-2)16-10-3-9(4-11(10)16)21-7-20-14-5-12(18)13(19)6-15(14)21/h5-11,16H,3-4H2,1-2H3/t8?,9-,10-,11+,16+. The Morgan fingerprint density at radius 3 is 2.61 bits per heavy atom. The predicted molar refractivity (Wildman–Crippen MR) is 79.6 cm³/mol. The molecule has 5 atom stereocenters. The second-order valence-electron chi connectivity index (χ2n) is 6.75. The lowest BCUT2D eigenvalue weighted by Crippen LogP contribution is -2.18. The second kappa shape index (κ2) is 5.01. The summed E-state index contributed by atoms with van der Waals surface area (Å²) in [6.45, 7) is 1.93. The molecule has 0 aliphatic heterocycles. The highest BCUT2D eigenvalue weighted by Crippen LogP contribution is 2.64. The van der Waals surface area contributed by atoms with Gasteiger partial charge in [-0.15, -0.1) is 0 Å². The topological polar surface area (TPSA) is 44.1 Å². The van der Waals surface area contributed by atoms with E-state index in [0.29, 0.717) is 28.8 Å². The van der Waals surface area contributed by atoms with E-state index < -0.39 is 11.6 Å². The molecule has 0 amide bonds. The van der Waals surface area contributed by atoms with Gasteiger partial charge in [0.05, 0.1) is 30.4 Å². The summed E-state index contributed by atoms with van der Waals surface area (Å²) < 4.78 is 33.6. The van der Waals surface area contributed by atoms with E-state index in [1.807, 2.05) is 11.5 Å². The van der Waals surface area contributed by atoms with Crippen LogP contribution in [0.15, 0.2) is 18.5 Å². The number of carbonyl (C=O) groups is 1. The second-order valence-corrected chi connectivity index (χ2v) is 6.75. The SMILES string of the molecule is COC(=O)C(C)[C@H]1[C@@H]2C[C@@H](n3cnc4cc(F)c(F)cc43)C[C@@H]21. The van der Waals surface area contributed by atoms with Crippen molar-refractivity contribution in [3.05, 3.63) is 30.1 Å². The number of benzene rings is 1. The first-order chi connectivity index (χ1) is 11.0. The molecule has 2 aromatic rings. The van der Waals surface area contributed by atoms with E-state index in [2.05, 4.69) is 4.98 Å². The minimum absolute atomic E-state index is 0.0676. The first-order valence-corrected chi connectivity index (χ1v) is 7.90. The Bertz CT molecular complexity index is 776. The molecule has 1 unspecified atom stereocenters. The Balaban J connectivity index is 1.53. The summed E-state index contributed by atoms with van der Waals surface area (Å²) >= 11 is 0. The summed E-state index contributed by atoms with van der Waals surface area (Å²) in [6.07, 6.45) is 3.56. The number of methoxy groups -OCH3 is 1. The summed E-state index contributed by atoms with van der Waals surface area (Å²) in [7, 11) is 1.42. The van der Waals surface area contributed by atoms with E-state index in [1.165, 1.54) is 13.2 Å². The summed E-state index contributed by atoms with van der Waals surface area (Å²) in [5.41, 5.74) is 1.11. The molecule has 23 heavy (non-hydrogen) atoms. The maximum absolute atomic E-state index is 13.5. The zero-order valence-corrected chi connectivity index (χ0v) is 13.0. The minimum Gasteiger partial charge on any atom is -0.469 e. The maximum Gasteiger partial charge on any atom is 0.308 e. The van der Waals surface area contributed by atoms with Crippen molar-refractivity contribution in [2.24, 2.45) is 23.7 Å². The number of hydrogen-bond acceptors (Lipinski definition) is 3. The normalized spacial score (nSPS) is 30.3. The monoisotopic (exact) mass is 320 g/mol. The fourth-order valence-electron chi connectivity index (χ4n) is 4.49. The third-order valence-corrected chi connectivity index (χ3v) is 5.65. The summed E-state index contributed by atoms with van der Waals surface area (Å²) in [4.78, 5) is 15.8. The van der Waals surface area contributed by atoms with Gasteiger partial charge in [0.1, 0.15) is 0 Å². The summed E-state index contributed by atoms with van der Waals surface area (Å²) in [5.74, 6) is -0.520. The minimum atomic E-state index is -0.871. The molecule has 2 saturated carbocycles. The molecule has 4 nitrogen and oxygen atoms in total. The lowest BCUT2D eigenvalue weighted by Gasteiger charge is -2.19. The van der Waals surface area contributed by atoms with Crippen molar-refractivity contribution in [3.63, 3.8) is 0 Å². The first-order valence-electron chi connectivity index (χ1n) is 7.90. The number of halogens is 2. The molecule has 2 aliphatic carbocycles. The van der Waals surface area contributed by atoms with Crippen molar-refractivity contribution in [1.29, 1.82) is 0 Å². The Labute approximate surface area is 132 Å². The lowest BCUT2D eigenvalue weighted by molar-refractivity contribution is -0.145. The Morgan fingerprint density at radius 1 is 1.30 bits per heavy atom. The van der Waals surface area contributed by atoms with Crippen molar-refractivity contribution < 1.29 is 18.3 Å². The van der Waals surface area contributed by atoms with Crippen molar-refractivity contribution >= 4 is 17.0 Å². The average Bonchev–Trinajstić information content (AvgIpc) is 2.87. The quantitative estimate of drug-likeness (QED) is 0.815. The van der Waals surface area contributed by atoms with Crippen LogP contribution in [0.1, 0.15) is 25.8 Å². The highest BCUT2D eigenvalue weighted by atomic mass is 19.2. The molecule has 0 N–H and O–H groups in total. The molecule has 2 fully saturated rings. The molecule has 1 aromatic carbocycles. The van der Waals surface area contributed by atoms with Gasteiger partial charge in [0.15, 0.2) is 11.6 Å². The average molecular weight is 320 g/mol. The summed E-state index contributed by atoms with van der Waals surface area (Å²) in [6, 6.07) is 2.59. The van der Waals surface area contributed by atoms with E-state index in [0.717, 1.165) is 18.9 Å². The number of hydrogen-bond donors (Lipinski definition) is 0. The van der Waals surface area contributed by atoms with Gasteiger partial charge in [-0.05, 0) is 30.6 Å². The molecular weight excluding hydrogens is 302 g/mol. The zero-order valence-electron chi connectivity index (χ0n) is 13.0. The predicted octanol–water partition coefficient (Wildman–Crippen LogP) is 3.32. The highest BCUT2D eigenvalue weighted by molar-refractivity contribution is 5.75. The van der Waals surface area contributed by atoms with Gasteiger partial charge in [0.2, 0.25) is 0 Å². The number of esters is 1. The van der Waals surface area contributed by atoms with Crippen LogP contribution < -0.4 is 0 Å². The van der Waals surface area contributed by atoms with Crippen LogP contribution >= 0.6 is 0 Å². The van der Waals surface area contributed by atoms with E-state index in [4.69, 9.17) is 4.74 Å². The fraction of sp³-hybridized carbons (Fsp3) is 0.529. The molecule has 1 aromatic heterocycles. The van der Waals surface area contributed by atoms with E-state index in [-0.39, 0.29) is 17.9 Å². The van der Waals surface area contributed by atoms with Crippen LogP contribution in [0.2, 0.25) is 0 Å². The summed E-state index contributed by atoms with van der Waals surface area (Å²) in [5, 5.41) is 0. The Kier molecular flexibility index (Phi) is 3.18.